The van der Waals surface area contributed by atoms with Crippen molar-refractivity contribution in [3.8, 4) is 5.75 Å². The van der Waals surface area contributed by atoms with E-state index in [-0.39, 0.29) is 6.10 Å². The van der Waals surface area contributed by atoms with Gasteiger partial charge in [0.25, 0.3) is 0 Å². The fraction of sp³-hybridized carbons (Fsp3) is 0.481. The molecule has 0 amide bonds. The number of nitrogens with one attached hydrogen (secondary N) is 1. The molecule has 1 aromatic heterocycles. The summed E-state index contributed by atoms with van der Waals surface area (Å²) >= 11 is 0. The SMILES string of the molecule is C=Nc1c(N=CC)cc(N2CCOCC2)cc1OC1CCC(Nc2ncc(/C=C/OCC)cn2)CC1. The number of rotatable bonds is 10. The molecule has 4 rings (SSSR count). The van der Waals surface area contributed by atoms with Gasteiger partial charge in [-0.2, -0.15) is 0 Å². The maximum absolute atomic E-state index is 6.51. The molecule has 2 aliphatic rings. The van der Waals surface area contributed by atoms with Crippen LogP contribution in [0.1, 0.15) is 45.1 Å². The van der Waals surface area contributed by atoms with Crippen molar-refractivity contribution in [1.29, 1.82) is 0 Å². The molecule has 2 fully saturated rings. The van der Waals surface area contributed by atoms with Crippen LogP contribution in [0.2, 0.25) is 0 Å². The Kier molecular flexibility index (Phi) is 9.27. The molecule has 1 aromatic carbocycles. The van der Waals surface area contributed by atoms with Crippen molar-refractivity contribution in [2.45, 2.75) is 51.7 Å². The minimum atomic E-state index is 0.106. The summed E-state index contributed by atoms with van der Waals surface area (Å²) in [5.74, 6) is 1.39. The summed E-state index contributed by atoms with van der Waals surface area (Å²) in [5.41, 5.74) is 3.45. The maximum atomic E-state index is 6.51. The first-order chi connectivity index (χ1) is 17.7. The molecule has 9 nitrogen and oxygen atoms in total. The fourth-order valence-electron chi connectivity index (χ4n) is 4.48. The standard InChI is InChI=1S/C27H36N6O3/c1-4-29-24-16-22(33-11-14-35-15-12-33)17-25(26(24)28-3)36-23-8-6-21(7-9-23)32-27-30-18-20(19-31-27)10-13-34-5-2/h4,10,13,16-19,21,23H,3,5-9,11-12,14-15H2,1-2H3,(H,30,31,32)/b13-10+,29-4?. The van der Waals surface area contributed by atoms with Gasteiger partial charge in [0.1, 0.15) is 11.4 Å². The van der Waals surface area contributed by atoms with Gasteiger partial charge in [0.15, 0.2) is 0 Å². The summed E-state index contributed by atoms with van der Waals surface area (Å²) in [7, 11) is 0. The summed E-state index contributed by atoms with van der Waals surface area (Å²) in [6.45, 7) is 11.4. The summed E-state index contributed by atoms with van der Waals surface area (Å²) < 4.78 is 17.3. The largest absolute Gasteiger partial charge is 0.501 e. The van der Waals surface area contributed by atoms with Gasteiger partial charge < -0.3 is 24.4 Å². The quantitative estimate of drug-likeness (QED) is 0.361. The third kappa shape index (κ3) is 6.81. The predicted octanol–water partition coefficient (Wildman–Crippen LogP) is 5.18. The summed E-state index contributed by atoms with van der Waals surface area (Å²) in [6.07, 6.45) is 12.8. The molecular formula is C27H36N6O3. The average molecular weight is 493 g/mol. The summed E-state index contributed by atoms with van der Waals surface area (Å²) in [5, 5.41) is 3.46. The normalized spacial score (nSPS) is 20.6. The van der Waals surface area contributed by atoms with E-state index in [2.05, 4.69) is 49.0 Å². The number of anilines is 2. The summed E-state index contributed by atoms with van der Waals surface area (Å²) in [4.78, 5) is 20.0. The Labute approximate surface area is 213 Å². The van der Waals surface area contributed by atoms with Crippen molar-refractivity contribution < 1.29 is 14.2 Å². The van der Waals surface area contributed by atoms with Gasteiger partial charge >= 0.3 is 0 Å². The third-order valence-corrected chi connectivity index (χ3v) is 6.34. The summed E-state index contributed by atoms with van der Waals surface area (Å²) in [6, 6.07) is 4.44. The molecule has 0 atom stereocenters. The Morgan fingerprint density at radius 2 is 1.92 bits per heavy atom. The molecule has 9 heteroatoms. The van der Waals surface area contributed by atoms with E-state index in [1.165, 1.54) is 0 Å². The number of ether oxygens (including phenoxy) is 3. The Balaban J connectivity index is 1.38. The molecule has 0 radical (unpaired) electrons. The van der Waals surface area contributed by atoms with E-state index in [0.29, 0.717) is 24.3 Å². The zero-order valence-corrected chi connectivity index (χ0v) is 21.2. The van der Waals surface area contributed by atoms with E-state index in [1.54, 1.807) is 24.9 Å². The molecule has 0 unspecified atom stereocenters. The Morgan fingerprint density at radius 3 is 2.58 bits per heavy atom. The molecule has 2 heterocycles. The van der Waals surface area contributed by atoms with Gasteiger partial charge in [0.05, 0.1) is 37.9 Å². The highest BCUT2D eigenvalue weighted by Crippen LogP contribution is 2.43. The number of hydrogen-bond acceptors (Lipinski definition) is 9. The maximum Gasteiger partial charge on any atom is 0.222 e. The van der Waals surface area contributed by atoms with Gasteiger partial charge in [0, 0.05) is 55.1 Å². The smallest absolute Gasteiger partial charge is 0.222 e. The first-order valence-electron chi connectivity index (χ1n) is 12.7. The van der Waals surface area contributed by atoms with Gasteiger partial charge in [-0.3, -0.25) is 9.98 Å². The van der Waals surface area contributed by atoms with Gasteiger partial charge in [0.2, 0.25) is 5.95 Å². The first kappa shape index (κ1) is 25.6. The number of nitrogens with zero attached hydrogens (tertiary/aromatic N) is 5. The lowest BCUT2D eigenvalue weighted by Crippen LogP contribution is -2.36. The second-order valence-electron chi connectivity index (χ2n) is 8.79. The number of benzene rings is 1. The van der Waals surface area contributed by atoms with E-state index < -0.39 is 0 Å². The number of aliphatic imine (C=N–C) groups is 2. The predicted molar refractivity (Wildman–Crippen MR) is 145 cm³/mol. The van der Waals surface area contributed by atoms with Crippen LogP contribution in [0.3, 0.4) is 0 Å². The topological polar surface area (TPSA) is 93.5 Å². The van der Waals surface area contributed by atoms with Gasteiger partial charge in [-0.15, -0.1) is 0 Å². The van der Waals surface area contributed by atoms with Crippen LogP contribution in [0.25, 0.3) is 6.08 Å². The lowest BCUT2D eigenvalue weighted by Gasteiger charge is -2.32. The molecule has 1 aliphatic carbocycles. The second-order valence-corrected chi connectivity index (χ2v) is 8.79. The molecule has 1 saturated carbocycles. The zero-order chi connectivity index (χ0) is 25.2. The van der Waals surface area contributed by atoms with E-state index in [4.69, 9.17) is 14.2 Å². The van der Waals surface area contributed by atoms with Crippen molar-refractivity contribution in [3.05, 3.63) is 36.4 Å². The Bertz CT molecular complexity index is 1040. The fourth-order valence-corrected chi connectivity index (χ4v) is 4.48. The van der Waals surface area contributed by atoms with Crippen molar-refractivity contribution >= 4 is 42.0 Å². The molecule has 0 spiro atoms. The highest BCUT2D eigenvalue weighted by Gasteiger charge is 2.25. The molecule has 1 aliphatic heterocycles. The van der Waals surface area contributed by atoms with E-state index in [0.717, 1.165) is 74.7 Å². The third-order valence-electron chi connectivity index (χ3n) is 6.34. The van der Waals surface area contributed by atoms with Crippen LogP contribution in [0, 0.1) is 0 Å². The molecule has 36 heavy (non-hydrogen) atoms. The van der Waals surface area contributed by atoms with Crippen LogP contribution in [0.15, 0.2) is 40.8 Å². The Morgan fingerprint density at radius 1 is 1.17 bits per heavy atom. The lowest BCUT2D eigenvalue weighted by molar-refractivity contribution is 0.122. The van der Waals surface area contributed by atoms with Gasteiger partial charge in [-0.25, -0.2) is 9.97 Å². The van der Waals surface area contributed by atoms with Crippen molar-refractivity contribution in [2.24, 2.45) is 9.98 Å². The van der Waals surface area contributed by atoms with Crippen LogP contribution >= 0.6 is 0 Å². The number of morpholine rings is 1. The Hall–Kier alpha value is -3.46. The minimum absolute atomic E-state index is 0.106. The van der Waals surface area contributed by atoms with Crippen LogP contribution in [0.4, 0.5) is 23.0 Å². The lowest BCUT2D eigenvalue weighted by atomic mass is 9.93. The van der Waals surface area contributed by atoms with Crippen molar-refractivity contribution in [1.82, 2.24) is 9.97 Å². The number of aromatic nitrogens is 2. The highest BCUT2D eigenvalue weighted by atomic mass is 16.5. The number of hydrogen-bond donors (Lipinski definition) is 1. The highest BCUT2D eigenvalue weighted by molar-refractivity contribution is 5.80. The van der Waals surface area contributed by atoms with Crippen LogP contribution in [0.5, 0.6) is 5.75 Å². The van der Waals surface area contributed by atoms with Gasteiger partial charge in [-0.1, -0.05) is 0 Å². The average Bonchev–Trinajstić information content (AvgIpc) is 2.91. The molecule has 192 valence electrons. The molecular weight excluding hydrogens is 456 g/mol. The monoisotopic (exact) mass is 492 g/mol. The van der Waals surface area contributed by atoms with E-state index in [1.807, 2.05) is 19.9 Å². The first-order valence-corrected chi connectivity index (χ1v) is 12.7. The molecule has 1 N–H and O–H groups in total. The van der Waals surface area contributed by atoms with Crippen LogP contribution < -0.4 is 15.0 Å². The van der Waals surface area contributed by atoms with E-state index >= 15 is 0 Å². The van der Waals surface area contributed by atoms with Crippen molar-refractivity contribution in [2.75, 3.05) is 43.1 Å². The molecule has 2 aromatic rings. The van der Waals surface area contributed by atoms with Gasteiger partial charge in [-0.05, 0) is 58.4 Å². The van der Waals surface area contributed by atoms with Crippen LogP contribution in [-0.4, -0.2) is 68.0 Å². The zero-order valence-electron chi connectivity index (χ0n) is 21.2. The minimum Gasteiger partial charge on any atom is -0.501 e. The van der Waals surface area contributed by atoms with E-state index in [9.17, 15) is 0 Å². The van der Waals surface area contributed by atoms with Crippen LogP contribution in [-0.2, 0) is 9.47 Å². The molecule has 1 saturated heterocycles. The molecule has 0 bridgehead atoms. The van der Waals surface area contributed by atoms with Crippen molar-refractivity contribution in [3.63, 3.8) is 0 Å². The second kappa shape index (κ2) is 13.0.